The number of fused-ring (bicyclic) bond motifs is 5. The summed E-state index contributed by atoms with van der Waals surface area (Å²) in [6.45, 7) is 17.1. The topological polar surface area (TPSA) is 534 Å². The van der Waals surface area contributed by atoms with E-state index in [9.17, 15) is 89.4 Å². The van der Waals surface area contributed by atoms with Gasteiger partial charge in [-0.05, 0) is 171 Å². The number of allylic oxidation sites excluding steroid dienone is 2. The molecule has 12 rings (SSSR count). The lowest BCUT2D eigenvalue weighted by atomic mass is 9.90. The first kappa shape index (κ1) is 103. The van der Waals surface area contributed by atoms with Crippen molar-refractivity contribution in [3.8, 4) is 22.5 Å². The van der Waals surface area contributed by atoms with Crippen LogP contribution in [-0.2, 0) is 80.2 Å². The number of ketones is 2. The summed E-state index contributed by atoms with van der Waals surface area (Å²) in [5.41, 5.74) is 10.0. The van der Waals surface area contributed by atoms with E-state index < -0.39 is 199 Å². The van der Waals surface area contributed by atoms with Gasteiger partial charge in [0.15, 0.2) is 54.3 Å². The number of sulfone groups is 1. The highest BCUT2D eigenvalue weighted by Gasteiger charge is 2.53. The van der Waals surface area contributed by atoms with Crippen LogP contribution in [0.15, 0.2) is 146 Å². The fourth-order valence-electron chi connectivity index (χ4n) is 17.0. The van der Waals surface area contributed by atoms with E-state index in [-0.39, 0.29) is 76.9 Å². The normalized spacial score (nSPS) is 15.2. The van der Waals surface area contributed by atoms with E-state index in [0.29, 0.717) is 111 Å². The van der Waals surface area contributed by atoms with Crippen LogP contribution >= 0.6 is 23.5 Å². The minimum Gasteiger partial charge on any atom is -0.744 e. The number of aromatic nitrogens is 7. The summed E-state index contributed by atoms with van der Waals surface area (Å²) in [4.78, 5) is 173. The molecule has 4 aromatic heterocycles. The number of imide groups is 1. The highest BCUT2D eigenvalue weighted by Crippen LogP contribution is 2.45. The number of nitrogens with zero attached hydrogens (tertiary/aromatic N) is 10. The van der Waals surface area contributed by atoms with Crippen molar-refractivity contribution in [3.63, 3.8) is 0 Å². The zero-order valence-electron chi connectivity index (χ0n) is 76.5. The minimum atomic E-state index is -5.30. The number of carbonyl (C=O) groups excluding carboxylic acids is 7. The molecule has 4 aliphatic heterocycles. The molecule has 46 heteroatoms. The Kier molecular flexibility index (Phi) is 32.7. The number of aliphatic carboxylic acids is 3. The molecule has 1 unspecified atom stereocenters. The van der Waals surface area contributed by atoms with Crippen molar-refractivity contribution in [3.05, 3.63) is 171 Å². The number of thioether (sulfide) groups is 2. The molecule has 5 atom stereocenters. The quantitative estimate of drug-likeness (QED) is 0.00328. The van der Waals surface area contributed by atoms with Gasteiger partial charge in [-0.2, -0.15) is 4.98 Å². The van der Waals surface area contributed by atoms with Crippen molar-refractivity contribution in [2.45, 2.75) is 177 Å². The number of Topliss-reactive ketones (excluding diaryl/α,β-unsaturated/α-hetero) is 2. The second-order valence-corrected chi connectivity index (χ2v) is 49.5. The summed E-state index contributed by atoms with van der Waals surface area (Å²) >= 11 is 2.15. The third-order valence-corrected chi connectivity index (χ3v) is 37.6. The first-order valence-corrected chi connectivity index (χ1v) is 55.6. The van der Waals surface area contributed by atoms with Gasteiger partial charge in [0.25, 0.3) is 11.5 Å². The number of nitrogens with two attached hydrogens (primary N) is 1. The largest absolute Gasteiger partial charge is 0.744 e. The van der Waals surface area contributed by atoms with Crippen molar-refractivity contribution in [1.82, 2.24) is 59.8 Å². The van der Waals surface area contributed by atoms with E-state index >= 15 is 8.63 Å². The number of nitrogens with one attached hydrogen (secondary N) is 5. The Labute approximate surface area is 792 Å². The van der Waals surface area contributed by atoms with Gasteiger partial charge in [0, 0.05) is 163 Å². The highest BCUT2D eigenvalue weighted by atomic mass is 32.2. The molecule has 1 aliphatic carbocycles. The predicted octanol–water partition coefficient (Wildman–Crippen LogP) is 8.58. The number of aryl methyl sites for hydroxylation is 3. The number of carboxylic acid groups (broad SMARTS) is 3. The van der Waals surface area contributed by atoms with E-state index in [4.69, 9.17) is 14.3 Å². The van der Waals surface area contributed by atoms with Crippen LogP contribution in [0.25, 0.3) is 50.7 Å². The zero-order chi connectivity index (χ0) is 98.8. The second kappa shape index (κ2) is 43.3. The number of aromatic amines is 1. The number of nitrogen functional groups attached to an aromatic ring is 1. The lowest BCUT2D eigenvalue weighted by molar-refractivity contribution is -0.362. The Morgan fingerprint density at radius 3 is 2.20 bits per heavy atom. The number of hydrogen-bond donors (Lipinski definition) is 9. The number of rotatable bonds is 47. The van der Waals surface area contributed by atoms with Gasteiger partial charge >= 0.3 is 24.9 Å². The molecule has 8 heterocycles. The van der Waals surface area contributed by atoms with E-state index in [2.05, 4.69) is 60.6 Å². The van der Waals surface area contributed by atoms with Crippen LogP contribution in [0.1, 0.15) is 124 Å². The number of anilines is 3. The molecule has 5 amide bonds. The molecular weight excluding hydrogens is 1870 g/mol. The lowest BCUT2D eigenvalue weighted by Crippen LogP contribution is -2.51. The molecule has 10 N–H and O–H groups in total. The first-order chi connectivity index (χ1) is 64.3. The molecule has 5 aliphatic rings. The van der Waals surface area contributed by atoms with Gasteiger partial charge in [-0.1, -0.05) is 17.8 Å². The molecule has 7 aromatic rings. The molecular formula is C90H107BF2N16O21S4Si2. The van der Waals surface area contributed by atoms with Crippen LogP contribution < -0.4 is 47.4 Å². The Balaban J connectivity index is 0.635. The number of benzene rings is 4. The Bertz CT molecular complexity index is 6650. The van der Waals surface area contributed by atoms with Gasteiger partial charge in [0.2, 0.25) is 34.9 Å². The summed E-state index contributed by atoms with van der Waals surface area (Å²) in [6, 6.07) is 19.1. The second-order valence-electron chi connectivity index (χ2n) is 34.7. The highest BCUT2D eigenvalue weighted by molar-refractivity contribution is 8.01. The Morgan fingerprint density at radius 1 is 0.809 bits per heavy atom. The maximum absolute atomic E-state index is 16.4. The number of amides is 5. The van der Waals surface area contributed by atoms with Crippen LogP contribution in [0.3, 0.4) is 0 Å². The maximum Gasteiger partial charge on any atom is 0.737 e. The molecule has 722 valence electrons. The fourth-order valence-corrected chi connectivity index (χ4v) is 30.6. The Hall–Kier alpha value is -12.3. The molecule has 0 spiro atoms. The summed E-state index contributed by atoms with van der Waals surface area (Å²) < 4.78 is 118. The van der Waals surface area contributed by atoms with Gasteiger partial charge in [-0.15, -0.1) is 11.8 Å². The van der Waals surface area contributed by atoms with Crippen molar-refractivity contribution in [1.29, 1.82) is 0 Å². The van der Waals surface area contributed by atoms with Crippen molar-refractivity contribution in [2.24, 2.45) is 11.8 Å². The molecule has 1 fully saturated rings. The number of likely N-dealkylation sites (tertiary alicyclic amines) is 1. The summed E-state index contributed by atoms with van der Waals surface area (Å²) in [5.74, 6) is -14.6. The summed E-state index contributed by atoms with van der Waals surface area (Å²) in [6.07, 6.45) is 4.23. The molecule has 0 radical (unpaired) electrons. The van der Waals surface area contributed by atoms with Crippen LogP contribution in [0.2, 0.25) is 32.2 Å². The van der Waals surface area contributed by atoms with Crippen LogP contribution in [0.4, 0.5) is 26.0 Å². The van der Waals surface area contributed by atoms with Crippen molar-refractivity contribution in [2.75, 3.05) is 72.1 Å². The van der Waals surface area contributed by atoms with Gasteiger partial charge in [0.05, 0.1) is 63.6 Å². The molecule has 0 bridgehead atoms. The average molecular weight is 1980 g/mol. The number of carboxylic acids is 3. The number of carbonyl (C=O) groups is 10. The standard InChI is InChI=1S/C90H107BF2N16O21S4Si2/c1-11-105(12-2)61-22-27-66-73(41-61)129-74-42-62(106(13-3)14-4)23-28-67(74)80(66)68-29-26-65(43-76(68)134(126,127)128)133(124,125)34-32-54-45-98-90(99-46-54)132-51-136(9,10)130-135(7,8)35-15-33-107-78(113)44-75(86(107)119)131-50-57(87(120)121)38-72(111)70(49-96-77(112)31-24-60-20-21-63-40-71-52(5)36-53(6)108(71)91(92,93)109(60)63)102-84(117)56(39-79(114)115)37-64(110)25-30-69(88(122)123)101-83(116)55-16-18-58(19-17-55)95-47-59-48-97-82-81(100-59)85(118)104-89(94)103-82/h16-23,26-29,36,40-43,45-46,48,56-57,69-70,75H,11-15,24-25,30-35,37-39,44,47,49-51H2,1-10H3,(H10-,94,95,96,97,101,102,103,104,112,114,115,116,117,118,120,121,122,123,126,127,128)/t56-,57-,69-,70-,75?/m0/s1. The smallest absolute Gasteiger partial charge is 0.737 e. The van der Waals surface area contributed by atoms with Crippen molar-refractivity contribution < 1.29 is 106 Å². The van der Waals surface area contributed by atoms with E-state index in [1.165, 1.54) is 78.9 Å². The summed E-state index contributed by atoms with van der Waals surface area (Å²) in [5, 5.41) is 42.2. The molecule has 136 heavy (non-hydrogen) atoms. The van der Waals surface area contributed by atoms with Crippen LogP contribution in [-0.4, -0.2) is 242 Å². The third-order valence-electron chi connectivity index (χ3n) is 23.8. The fraction of sp³-hybridized carbons (Fsp3) is 0.400. The number of halogens is 2. The zero-order valence-corrected chi connectivity index (χ0v) is 81.8. The Morgan fingerprint density at radius 2 is 1.52 bits per heavy atom. The van der Waals surface area contributed by atoms with E-state index in [1.54, 1.807) is 26.0 Å². The van der Waals surface area contributed by atoms with Crippen LogP contribution in [0, 0.1) is 25.7 Å². The predicted molar refractivity (Wildman–Crippen MR) is 512 cm³/mol. The van der Waals surface area contributed by atoms with Crippen LogP contribution in [0.5, 0.6) is 0 Å². The molecule has 1 saturated heterocycles. The van der Waals surface area contributed by atoms with Crippen molar-refractivity contribution >= 4 is 177 Å². The van der Waals surface area contributed by atoms with Gasteiger partial charge in [-0.25, -0.2) is 46.1 Å². The SMILES string of the molecule is CCN(CC)c1ccc2c(-c3ccc(S(=O)(=O)CCc4cnc(SC[Si](C)(C)O[Si](C)(C)CCCN5C(=O)CC(SC[C@H](CC(=O)[C@H](CNC(=O)CCC6=[N+]7C(=Cc8c(C)cc(C)n8[B-]7(F)F)C=C6)NC(=O)[C@H](CC(=O)O)CC(=O)CC[C@H](NC(=O)c6ccc(NCc7cnc8nc(N)[nH]c(=O)c8n7)cc6)C(=O)O)C(=O)O)C5=O)nc4)cc3S(=O)(=O)[O-])c3ccc(=[N+](CC)CC)cc-3oc2c1. The lowest BCUT2D eigenvalue weighted by Gasteiger charge is -2.34. The average Bonchev–Trinajstić information content (AvgIpc) is 1.44. The number of hydrogen-bond acceptors (Lipinski definition) is 28. The van der Waals surface area contributed by atoms with Gasteiger partial charge < -0.3 is 77.9 Å². The minimum absolute atomic E-state index is 0.00241. The molecule has 37 nitrogen and oxygen atoms in total. The van der Waals surface area contributed by atoms with E-state index in [1.807, 2.05) is 90.3 Å². The molecule has 0 saturated carbocycles. The maximum atomic E-state index is 16.4. The molecule has 3 aromatic carbocycles. The number of H-pyrrole nitrogens is 1. The summed E-state index contributed by atoms with van der Waals surface area (Å²) in [7, 11) is -14.6. The monoisotopic (exact) mass is 1980 g/mol. The third kappa shape index (κ3) is 24.9. The van der Waals surface area contributed by atoms with E-state index in [0.717, 1.165) is 42.7 Å². The van der Waals surface area contributed by atoms with Gasteiger partial charge in [-0.3, -0.25) is 57.8 Å². The van der Waals surface area contributed by atoms with Gasteiger partial charge in [0.1, 0.15) is 58.1 Å². The first-order valence-electron chi connectivity index (χ1n) is 44.3.